The summed E-state index contributed by atoms with van der Waals surface area (Å²) in [6.45, 7) is 3.16. The van der Waals surface area contributed by atoms with E-state index in [9.17, 15) is 0 Å². The van der Waals surface area contributed by atoms with Gasteiger partial charge >= 0.3 is 0 Å². The Hall–Kier alpha value is -2.16. The van der Waals surface area contributed by atoms with Crippen molar-refractivity contribution in [3.05, 3.63) is 48.0 Å². The number of nitrogens with one attached hydrogen (secondary N) is 2. The van der Waals surface area contributed by atoms with Gasteiger partial charge in [0.1, 0.15) is 5.75 Å². The third-order valence-electron chi connectivity index (χ3n) is 3.57. The topological polar surface area (TPSA) is 64.1 Å². The fourth-order valence-electron chi connectivity index (χ4n) is 2.27. The molecule has 26 heavy (non-hydrogen) atoms. The van der Waals surface area contributed by atoms with Gasteiger partial charge in [-0.25, -0.2) is 0 Å². The molecule has 0 bridgehead atoms. The van der Waals surface area contributed by atoms with Crippen molar-refractivity contribution in [2.45, 2.75) is 13.5 Å². The largest absolute Gasteiger partial charge is 0.497 e. The fourth-order valence-corrected chi connectivity index (χ4v) is 2.27. The molecule has 142 valence electrons. The van der Waals surface area contributed by atoms with E-state index in [0.29, 0.717) is 30.6 Å². The average molecular weight is 471 g/mol. The number of rotatable bonds is 7. The zero-order valence-electron chi connectivity index (χ0n) is 15.5. The van der Waals surface area contributed by atoms with E-state index in [2.05, 4.69) is 15.6 Å². The molecule has 2 aromatic carbocycles. The number of benzene rings is 2. The van der Waals surface area contributed by atoms with E-state index in [4.69, 9.17) is 14.2 Å². The first kappa shape index (κ1) is 21.9. The minimum atomic E-state index is 0. The molecule has 2 aromatic rings. The summed E-state index contributed by atoms with van der Waals surface area (Å²) in [4.78, 5) is 4.25. The summed E-state index contributed by atoms with van der Waals surface area (Å²) in [6, 6.07) is 13.6. The molecule has 0 atom stereocenters. The van der Waals surface area contributed by atoms with Crippen molar-refractivity contribution in [3.63, 3.8) is 0 Å². The predicted molar refractivity (Wildman–Crippen MR) is 116 cm³/mol. The lowest BCUT2D eigenvalue weighted by molar-refractivity contribution is 0.311. The van der Waals surface area contributed by atoms with E-state index in [-0.39, 0.29) is 24.0 Å². The standard InChI is InChI=1S/C19H25N3O3.HI/c1-5-25-18-12-15(8-11-17(18)24-4)22-19(20-2)21-13-14-6-9-16(23-3)10-7-14;/h6-12H,5,13H2,1-4H3,(H2,20,21,22);1H. The second-order valence-corrected chi connectivity index (χ2v) is 5.20. The Morgan fingerprint density at radius 2 is 1.73 bits per heavy atom. The molecular formula is C19H26IN3O3. The lowest BCUT2D eigenvalue weighted by Crippen LogP contribution is -2.30. The molecule has 0 heterocycles. The molecule has 2 N–H and O–H groups in total. The highest BCUT2D eigenvalue weighted by molar-refractivity contribution is 14.0. The van der Waals surface area contributed by atoms with E-state index in [1.807, 2.05) is 49.4 Å². The Kier molecular flexibility index (Phi) is 9.64. The van der Waals surface area contributed by atoms with Gasteiger partial charge in [0, 0.05) is 25.3 Å². The maximum absolute atomic E-state index is 5.60. The SMILES string of the molecule is CCOc1cc(NC(=NC)NCc2ccc(OC)cc2)ccc1OC.I. The minimum absolute atomic E-state index is 0. The van der Waals surface area contributed by atoms with Crippen LogP contribution in [-0.4, -0.2) is 33.8 Å². The zero-order chi connectivity index (χ0) is 18.1. The number of guanidine groups is 1. The van der Waals surface area contributed by atoms with E-state index >= 15 is 0 Å². The molecule has 0 amide bonds. The van der Waals surface area contributed by atoms with Gasteiger partial charge in [-0.1, -0.05) is 12.1 Å². The van der Waals surface area contributed by atoms with Gasteiger partial charge in [0.15, 0.2) is 17.5 Å². The molecular weight excluding hydrogens is 445 g/mol. The normalized spacial score (nSPS) is 10.5. The van der Waals surface area contributed by atoms with Crippen molar-refractivity contribution in [3.8, 4) is 17.2 Å². The number of hydrogen-bond donors (Lipinski definition) is 2. The van der Waals surface area contributed by atoms with Gasteiger partial charge < -0.3 is 24.8 Å². The van der Waals surface area contributed by atoms with Gasteiger partial charge in [-0.2, -0.15) is 0 Å². The number of hydrogen-bond acceptors (Lipinski definition) is 4. The fraction of sp³-hybridized carbons (Fsp3) is 0.316. The van der Waals surface area contributed by atoms with Crippen LogP contribution in [0.15, 0.2) is 47.5 Å². The van der Waals surface area contributed by atoms with Crippen LogP contribution in [0.1, 0.15) is 12.5 Å². The monoisotopic (exact) mass is 471 g/mol. The van der Waals surface area contributed by atoms with Crippen molar-refractivity contribution in [1.82, 2.24) is 5.32 Å². The maximum atomic E-state index is 5.60. The van der Waals surface area contributed by atoms with Gasteiger partial charge in [0.25, 0.3) is 0 Å². The number of halogens is 1. The minimum Gasteiger partial charge on any atom is -0.497 e. The summed E-state index contributed by atoms with van der Waals surface area (Å²) in [7, 11) is 5.01. The Morgan fingerprint density at radius 3 is 2.31 bits per heavy atom. The molecule has 0 fully saturated rings. The van der Waals surface area contributed by atoms with Crippen molar-refractivity contribution in [1.29, 1.82) is 0 Å². The van der Waals surface area contributed by atoms with Crippen LogP contribution in [0.3, 0.4) is 0 Å². The quantitative estimate of drug-likeness (QED) is 0.364. The summed E-state index contributed by atoms with van der Waals surface area (Å²) in [6.07, 6.45) is 0. The van der Waals surface area contributed by atoms with Gasteiger partial charge in [-0.15, -0.1) is 24.0 Å². The highest BCUT2D eigenvalue weighted by Gasteiger charge is 2.07. The van der Waals surface area contributed by atoms with Gasteiger partial charge in [0.2, 0.25) is 0 Å². The predicted octanol–water partition coefficient (Wildman–Crippen LogP) is 3.91. The summed E-state index contributed by atoms with van der Waals surface area (Å²) >= 11 is 0. The highest BCUT2D eigenvalue weighted by Crippen LogP contribution is 2.30. The van der Waals surface area contributed by atoms with E-state index in [1.54, 1.807) is 21.3 Å². The second kappa shape index (κ2) is 11.5. The van der Waals surface area contributed by atoms with Crippen molar-refractivity contribution >= 4 is 35.6 Å². The first-order chi connectivity index (χ1) is 12.2. The molecule has 0 aliphatic carbocycles. The molecule has 0 unspecified atom stereocenters. The Labute approximate surface area is 172 Å². The molecule has 7 heteroatoms. The van der Waals surface area contributed by atoms with Gasteiger partial charge in [-0.05, 0) is 36.8 Å². The molecule has 0 saturated heterocycles. The summed E-state index contributed by atoms with van der Waals surface area (Å²) in [5.41, 5.74) is 2.00. The summed E-state index contributed by atoms with van der Waals surface area (Å²) < 4.78 is 16.1. The van der Waals surface area contributed by atoms with Crippen LogP contribution in [0.4, 0.5) is 5.69 Å². The number of nitrogens with zero attached hydrogens (tertiary/aromatic N) is 1. The smallest absolute Gasteiger partial charge is 0.195 e. The Morgan fingerprint density at radius 1 is 1.00 bits per heavy atom. The van der Waals surface area contributed by atoms with Crippen LogP contribution in [0.5, 0.6) is 17.2 Å². The lowest BCUT2D eigenvalue weighted by atomic mass is 10.2. The molecule has 0 spiro atoms. The first-order valence-corrected chi connectivity index (χ1v) is 8.11. The maximum Gasteiger partial charge on any atom is 0.195 e. The molecule has 0 radical (unpaired) electrons. The number of methoxy groups -OCH3 is 2. The van der Waals surface area contributed by atoms with Crippen LogP contribution >= 0.6 is 24.0 Å². The third kappa shape index (κ3) is 6.29. The Bertz CT molecular complexity index is 706. The third-order valence-corrected chi connectivity index (χ3v) is 3.57. The summed E-state index contributed by atoms with van der Waals surface area (Å²) in [5.74, 6) is 2.91. The Balaban J connectivity index is 0.00000338. The lowest BCUT2D eigenvalue weighted by Gasteiger charge is -2.15. The van der Waals surface area contributed by atoms with Crippen molar-refractivity contribution < 1.29 is 14.2 Å². The molecule has 0 aromatic heterocycles. The molecule has 0 aliphatic heterocycles. The van der Waals surface area contributed by atoms with Crippen LogP contribution in [-0.2, 0) is 6.54 Å². The van der Waals surface area contributed by atoms with Crippen LogP contribution < -0.4 is 24.8 Å². The van der Waals surface area contributed by atoms with E-state index in [1.165, 1.54) is 0 Å². The van der Waals surface area contributed by atoms with Crippen molar-refractivity contribution in [2.24, 2.45) is 4.99 Å². The molecule has 2 rings (SSSR count). The van der Waals surface area contributed by atoms with Crippen LogP contribution in [0.2, 0.25) is 0 Å². The number of aliphatic imine (C=N–C) groups is 1. The number of ether oxygens (including phenoxy) is 3. The molecule has 0 aliphatic rings. The van der Waals surface area contributed by atoms with Gasteiger partial charge in [-0.3, -0.25) is 4.99 Å². The first-order valence-electron chi connectivity index (χ1n) is 8.11. The second-order valence-electron chi connectivity index (χ2n) is 5.20. The van der Waals surface area contributed by atoms with Crippen LogP contribution in [0, 0.1) is 0 Å². The molecule has 6 nitrogen and oxygen atoms in total. The van der Waals surface area contributed by atoms with Crippen LogP contribution in [0.25, 0.3) is 0 Å². The molecule has 0 saturated carbocycles. The van der Waals surface area contributed by atoms with Gasteiger partial charge in [0.05, 0.1) is 20.8 Å². The highest BCUT2D eigenvalue weighted by atomic mass is 127. The van der Waals surface area contributed by atoms with E-state index < -0.39 is 0 Å². The zero-order valence-corrected chi connectivity index (χ0v) is 17.9. The summed E-state index contributed by atoms with van der Waals surface area (Å²) in [5, 5.41) is 6.53. The average Bonchev–Trinajstić information content (AvgIpc) is 2.66. The van der Waals surface area contributed by atoms with E-state index in [0.717, 1.165) is 17.0 Å². The number of anilines is 1. The van der Waals surface area contributed by atoms with Crippen molar-refractivity contribution in [2.75, 3.05) is 33.2 Å².